The lowest BCUT2D eigenvalue weighted by Gasteiger charge is -2.14. The van der Waals surface area contributed by atoms with Gasteiger partial charge < -0.3 is 24.3 Å². The molecule has 0 atom stereocenters. The number of benzene rings is 2. The number of hydrogen-bond acceptors (Lipinski definition) is 6. The molecule has 160 valence electrons. The molecule has 2 rings (SSSR count). The molecule has 0 aliphatic heterocycles. The first kappa shape index (κ1) is 23.0. The van der Waals surface area contributed by atoms with Crippen LogP contribution in [0.1, 0.15) is 11.1 Å². The third-order valence-electron chi connectivity index (χ3n) is 4.00. The molecule has 0 aromatic heterocycles. The van der Waals surface area contributed by atoms with Crippen LogP contribution in [0.2, 0.25) is 0 Å². The summed E-state index contributed by atoms with van der Waals surface area (Å²) < 4.78 is 22.4. The lowest BCUT2D eigenvalue weighted by Crippen LogP contribution is -2.28. The number of nitrogens with one attached hydrogen (secondary N) is 2. The van der Waals surface area contributed by atoms with Gasteiger partial charge >= 0.3 is 0 Å². The Balaban J connectivity index is 1.91. The van der Waals surface area contributed by atoms with Crippen LogP contribution in [0.15, 0.2) is 54.2 Å². The minimum absolute atomic E-state index is 0.347. The molecule has 7 nitrogen and oxygen atoms in total. The predicted molar refractivity (Wildman–Crippen MR) is 123 cm³/mol. The summed E-state index contributed by atoms with van der Waals surface area (Å²) in [5, 5.41) is 7.26. The van der Waals surface area contributed by atoms with Gasteiger partial charge in [-0.2, -0.15) is 5.10 Å². The maximum atomic E-state index is 5.81. The first-order valence-electron chi connectivity index (χ1n) is 9.33. The van der Waals surface area contributed by atoms with Gasteiger partial charge in [-0.05, 0) is 60.1 Å². The highest BCUT2D eigenvalue weighted by Crippen LogP contribution is 2.29. The van der Waals surface area contributed by atoms with Gasteiger partial charge in [0.15, 0.2) is 28.1 Å². The van der Waals surface area contributed by atoms with Crippen LogP contribution in [0.5, 0.6) is 23.0 Å². The maximum absolute atomic E-state index is 5.81. The average Bonchev–Trinajstić information content (AvgIpc) is 2.77. The zero-order valence-electron chi connectivity index (χ0n) is 17.4. The van der Waals surface area contributed by atoms with E-state index in [1.807, 2.05) is 42.5 Å². The predicted octanol–water partition coefficient (Wildman–Crippen LogP) is 3.32. The summed E-state index contributed by atoms with van der Waals surface area (Å²) in [5.74, 6) is 2.56. The fraction of sp³-hybridized carbons (Fsp3) is 0.273. The van der Waals surface area contributed by atoms with E-state index in [-0.39, 0.29) is 0 Å². The van der Waals surface area contributed by atoms with Crippen molar-refractivity contribution in [2.75, 3.05) is 34.5 Å². The molecule has 8 heteroatoms. The molecule has 0 aliphatic rings. The summed E-state index contributed by atoms with van der Waals surface area (Å²) in [6.07, 6.45) is 4.27. The minimum Gasteiger partial charge on any atom is -0.493 e. The molecule has 2 aromatic carbocycles. The van der Waals surface area contributed by atoms with E-state index in [2.05, 4.69) is 22.4 Å². The molecule has 0 saturated carbocycles. The minimum atomic E-state index is 0.347. The Labute approximate surface area is 182 Å². The number of nitrogens with zero attached hydrogens (tertiary/aromatic N) is 1. The van der Waals surface area contributed by atoms with E-state index in [1.165, 1.54) is 0 Å². The standard InChI is InChI=1S/C22H27N3O4S/c1-5-6-16-7-9-18(20(13-16)26-3)28-11-12-29-19-10-8-17(14-21(19)27-4)15-24-25-22(30)23-2/h5,7-10,13-15H,1,6,11-12H2,2-4H3,(H2,23,25,30)/b24-15+. The van der Waals surface area contributed by atoms with Crippen molar-refractivity contribution in [3.05, 3.63) is 60.2 Å². The van der Waals surface area contributed by atoms with Gasteiger partial charge in [0, 0.05) is 7.05 Å². The van der Waals surface area contributed by atoms with E-state index in [4.69, 9.17) is 31.2 Å². The Bertz CT molecular complexity index is 887. The fourth-order valence-electron chi connectivity index (χ4n) is 2.53. The Morgan fingerprint density at radius 1 is 1.00 bits per heavy atom. The number of hydrogen-bond donors (Lipinski definition) is 2. The second kappa shape index (κ2) is 12.3. The summed E-state index contributed by atoms with van der Waals surface area (Å²) in [6, 6.07) is 11.3. The Kier molecular flexibility index (Phi) is 9.47. The van der Waals surface area contributed by atoms with Crippen LogP contribution in [-0.2, 0) is 6.42 Å². The van der Waals surface area contributed by atoms with Crippen LogP contribution in [0.3, 0.4) is 0 Å². The normalized spacial score (nSPS) is 10.4. The van der Waals surface area contributed by atoms with Crippen molar-refractivity contribution < 1.29 is 18.9 Å². The summed E-state index contributed by atoms with van der Waals surface area (Å²) >= 11 is 4.96. The number of thiocarbonyl (C=S) groups is 1. The van der Waals surface area contributed by atoms with Gasteiger partial charge in [0.05, 0.1) is 20.4 Å². The van der Waals surface area contributed by atoms with E-state index in [9.17, 15) is 0 Å². The van der Waals surface area contributed by atoms with Crippen molar-refractivity contribution in [2.24, 2.45) is 5.10 Å². The van der Waals surface area contributed by atoms with E-state index in [0.717, 1.165) is 17.5 Å². The Hall–Kier alpha value is -3.26. The molecular formula is C22H27N3O4S. The van der Waals surface area contributed by atoms with Gasteiger partial charge in [-0.15, -0.1) is 6.58 Å². The van der Waals surface area contributed by atoms with Gasteiger partial charge in [0.2, 0.25) is 0 Å². The SMILES string of the molecule is C=CCc1ccc(OCCOc2ccc(/C=N/NC(=S)NC)cc2OC)c(OC)c1. The number of methoxy groups -OCH3 is 2. The van der Waals surface area contributed by atoms with Crippen LogP contribution in [0.25, 0.3) is 0 Å². The average molecular weight is 430 g/mol. The van der Waals surface area contributed by atoms with Crippen molar-refractivity contribution in [3.8, 4) is 23.0 Å². The lowest BCUT2D eigenvalue weighted by molar-refractivity contribution is 0.206. The molecule has 0 fully saturated rings. The first-order chi connectivity index (χ1) is 14.6. The van der Waals surface area contributed by atoms with Gasteiger partial charge in [0.1, 0.15) is 13.2 Å². The monoisotopic (exact) mass is 429 g/mol. The summed E-state index contributed by atoms with van der Waals surface area (Å²) in [7, 11) is 4.93. The number of rotatable bonds is 11. The van der Waals surface area contributed by atoms with Gasteiger partial charge in [0.25, 0.3) is 0 Å². The molecular weight excluding hydrogens is 402 g/mol. The molecule has 2 aromatic rings. The van der Waals surface area contributed by atoms with Crippen LogP contribution in [-0.4, -0.2) is 45.8 Å². The number of hydrazone groups is 1. The maximum Gasteiger partial charge on any atom is 0.186 e. The lowest BCUT2D eigenvalue weighted by atomic mass is 10.1. The third kappa shape index (κ3) is 6.97. The third-order valence-corrected chi connectivity index (χ3v) is 4.30. The fourth-order valence-corrected chi connectivity index (χ4v) is 2.59. The summed E-state index contributed by atoms with van der Waals surface area (Å²) in [5.41, 5.74) is 4.65. The first-order valence-corrected chi connectivity index (χ1v) is 9.74. The molecule has 0 bridgehead atoms. The van der Waals surface area contributed by atoms with Crippen LogP contribution in [0.4, 0.5) is 0 Å². The molecule has 0 spiro atoms. The molecule has 0 radical (unpaired) electrons. The largest absolute Gasteiger partial charge is 0.493 e. The van der Waals surface area contributed by atoms with Gasteiger partial charge in [-0.3, -0.25) is 5.43 Å². The van der Waals surface area contributed by atoms with Crippen LogP contribution < -0.4 is 29.7 Å². The van der Waals surface area contributed by atoms with E-state index < -0.39 is 0 Å². The van der Waals surface area contributed by atoms with Crippen LogP contribution in [0, 0.1) is 0 Å². The highest BCUT2D eigenvalue weighted by molar-refractivity contribution is 7.80. The molecule has 0 saturated heterocycles. The smallest absolute Gasteiger partial charge is 0.186 e. The van der Waals surface area contributed by atoms with Gasteiger partial charge in [-0.1, -0.05) is 12.1 Å². The zero-order chi connectivity index (χ0) is 21.8. The van der Waals surface area contributed by atoms with E-state index in [1.54, 1.807) is 27.5 Å². The highest BCUT2D eigenvalue weighted by Gasteiger charge is 2.08. The molecule has 0 heterocycles. The van der Waals surface area contributed by atoms with Crippen molar-refractivity contribution in [1.82, 2.24) is 10.7 Å². The second-order valence-corrected chi connectivity index (χ2v) is 6.44. The molecule has 0 amide bonds. The van der Waals surface area contributed by atoms with Gasteiger partial charge in [-0.25, -0.2) is 0 Å². The topological polar surface area (TPSA) is 73.3 Å². The summed E-state index contributed by atoms with van der Waals surface area (Å²) in [4.78, 5) is 0. The van der Waals surface area contributed by atoms with Crippen molar-refractivity contribution in [3.63, 3.8) is 0 Å². The van der Waals surface area contributed by atoms with Crippen molar-refractivity contribution >= 4 is 23.5 Å². The quantitative estimate of drug-likeness (QED) is 0.187. The molecule has 30 heavy (non-hydrogen) atoms. The molecule has 0 unspecified atom stereocenters. The molecule has 0 aliphatic carbocycles. The zero-order valence-corrected chi connectivity index (χ0v) is 18.3. The highest BCUT2D eigenvalue weighted by atomic mass is 32.1. The second-order valence-electron chi connectivity index (χ2n) is 6.03. The number of ether oxygens (including phenoxy) is 4. The van der Waals surface area contributed by atoms with E-state index >= 15 is 0 Å². The van der Waals surface area contributed by atoms with Crippen LogP contribution >= 0.6 is 12.2 Å². The number of allylic oxidation sites excluding steroid dienone is 1. The van der Waals surface area contributed by atoms with Crippen molar-refractivity contribution in [1.29, 1.82) is 0 Å². The molecule has 2 N–H and O–H groups in total. The van der Waals surface area contributed by atoms with E-state index in [0.29, 0.717) is 41.3 Å². The Morgan fingerprint density at radius 3 is 2.23 bits per heavy atom. The Morgan fingerprint density at radius 2 is 1.63 bits per heavy atom. The summed E-state index contributed by atoms with van der Waals surface area (Å²) in [6.45, 7) is 4.45. The van der Waals surface area contributed by atoms with Crippen molar-refractivity contribution in [2.45, 2.75) is 6.42 Å².